The Balaban J connectivity index is 1.59. The minimum absolute atomic E-state index is 0.0409. The maximum atomic E-state index is 12.6. The van der Waals surface area contributed by atoms with Crippen LogP contribution in [0.3, 0.4) is 0 Å². The van der Waals surface area contributed by atoms with Gasteiger partial charge in [-0.15, -0.1) is 11.3 Å². The fourth-order valence-electron chi connectivity index (χ4n) is 3.22. The summed E-state index contributed by atoms with van der Waals surface area (Å²) >= 11 is 1.53. The van der Waals surface area contributed by atoms with Crippen molar-refractivity contribution in [1.82, 2.24) is 4.98 Å². The fourth-order valence-corrected chi connectivity index (χ4v) is 3.88. The predicted molar refractivity (Wildman–Crippen MR) is 100 cm³/mol. The van der Waals surface area contributed by atoms with Crippen LogP contribution in [0.5, 0.6) is 0 Å². The molecule has 1 aromatic carbocycles. The van der Waals surface area contributed by atoms with Gasteiger partial charge in [-0.1, -0.05) is 0 Å². The molecule has 4 rings (SSSR count). The average molecular weight is 370 g/mol. The highest BCUT2D eigenvalue weighted by Crippen LogP contribution is 2.27. The summed E-state index contributed by atoms with van der Waals surface area (Å²) in [6.45, 7) is 3.09. The van der Waals surface area contributed by atoms with E-state index >= 15 is 0 Å². The zero-order chi connectivity index (χ0) is 18.1. The van der Waals surface area contributed by atoms with E-state index in [1.165, 1.54) is 11.3 Å². The highest BCUT2D eigenvalue weighted by Gasteiger charge is 2.23. The number of hydrogen-bond donors (Lipinski definition) is 1. The Morgan fingerprint density at radius 2 is 2.08 bits per heavy atom. The van der Waals surface area contributed by atoms with Gasteiger partial charge in [-0.2, -0.15) is 0 Å². The topological polar surface area (TPSA) is 81.4 Å². The van der Waals surface area contributed by atoms with Crippen LogP contribution >= 0.6 is 11.3 Å². The summed E-state index contributed by atoms with van der Waals surface area (Å²) in [6, 6.07) is 7.28. The lowest BCUT2D eigenvalue weighted by molar-refractivity contribution is 0.0796. The minimum Gasteiger partial charge on any atom is -0.427 e. The van der Waals surface area contributed by atoms with Crippen molar-refractivity contribution in [2.24, 2.45) is 0 Å². The first-order valence-corrected chi connectivity index (χ1v) is 9.37. The molecular weight excluding hydrogens is 352 g/mol. The van der Waals surface area contributed by atoms with E-state index in [1.54, 1.807) is 30.6 Å². The van der Waals surface area contributed by atoms with Gasteiger partial charge in [0.1, 0.15) is 11.3 Å². The van der Waals surface area contributed by atoms with Crippen molar-refractivity contribution in [2.45, 2.75) is 25.7 Å². The number of carbonyl (C=O) groups is 1. The van der Waals surface area contributed by atoms with Gasteiger partial charge >= 0.3 is 5.63 Å². The van der Waals surface area contributed by atoms with E-state index < -0.39 is 11.5 Å². The van der Waals surface area contributed by atoms with Crippen LogP contribution in [0.2, 0.25) is 0 Å². The Kier molecular flexibility index (Phi) is 4.57. The first kappa shape index (κ1) is 16.9. The SMILES string of the molecule is Cc1cc(C2CCOCC2)oc(=O)c1C(=O)Nc1ccc2scnc2c1. The molecule has 0 radical (unpaired) electrons. The van der Waals surface area contributed by atoms with Crippen molar-refractivity contribution < 1.29 is 13.9 Å². The Labute approximate surface area is 153 Å². The van der Waals surface area contributed by atoms with Gasteiger partial charge in [0.15, 0.2) is 0 Å². The Bertz CT molecular complexity index is 1020. The minimum atomic E-state index is -0.598. The molecule has 1 aliphatic rings. The third kappa shape index (κ3) is 3.27. The number of carbonyl (C=O) groups excluding carboxylic acids is 1. The summed E-state index contributed by atoms with van der Waals surface area (Å²) in [7, 11) is 0. The van der Waals surface area contributed by atoms with E-state index in [4.69, 9.17) is 9.15 Å². The molecule has 0 atom stereocenters. The maximum absolute atomic E-state index is 12.6. The number of nitrogens with one attached hydrogen (secondary N) is 1. The number of thiazole rings is 1. The van der Waals surface area contributed by atoms with Crippen LogP contribution < -0.4 is 10.9 Å². The lowest BCUT2D eigenvalue weighted by atomic mass is 9.95. The second kappa shape index (κ2) is 7.01. The highest BCUT2D eigenvalue weighted by molar-refractivity contribution is 7.16. The van der Waals surface area contributed by atoms with Gasteiger partial charge in [0.2, 0.25) is 0 Å². The van der Waals surface area contributed by atoms with Crippen molar-refractivity contribution in [1.29, 1.82) is 0 Å². The molecule has 6 nitrogen and oxygen atoms in total. The molecule has 2 aromatic heterocycles. The molecular formula is C19H18N2O4S. The van der Waals surface area contributed by atoms with Crippen molar-refractivity contribution in [2.75, 3.05) is 18.5 Å². The van der Waals surface area contributed by atoms with Crippen molar-refractivity contribution in [3.05, 3.63) is 57.1 Å². The number of fused-ring (bicyclic) bond motifs is 1. The number of nitrogens with zero attached hydrogens (tertiary/aromatic N) is 1. The quantitative estimate of drug-likeness (QED) is 0.760. The first-order valence-electron chi connectivity index (χ1n) is 8.49. The molecule has 1 fully saturated rings. The van der Waals surface area contributed by atoms with Crippen LogP contribution in [-0.2, 0) is 4.74 Å². The summed E-state index contributed by atoms with van der Waals surface area (Å²) in [4.78, 5) is 29.3. The molecule has 26 heavy (non-hydrogen) atoms. The van der Waals surface area contributed by atoms with Crippen molar-refractivity contribution >= 4 is 33.1 Å². The number of benzene rings is 1. The maximum Gasteiger partial charge on any atom is 0.349 e. The summed E-state index contributed by atoms with van der Waals surface area (Å²) in [5, 5.41) is 2.77. The molecule has 1 N–H and O–H groups in total. The van der Waals surface area contributed by atoms with Crippen molar-refractivity contribution in [3.63, 3.8) is 0 Å². The fraction of sp³-hybridized carbons (Fsp3) is 0.316. The van der Waals surface area contributed by atoms with Gasteiger partial charge in [0.25, 0.3) is 5.91 Å². The second-order valence-corrected chi connectivity index (χ2v) is 7.26. The van der Waals surface area contributed by atoms with Crippen LogP contribution in [0.15, 0.2) is 39.0 Å². The molecule has 0 unspecified atom stereocenters. The standard InChI is InChI=1S/C19H18N2O4S/c1-11-8-15(12-4-6-24-7-5-12)25-19(23)17(11)18(22)21-13-2-3-16-14(9-13)20-10-26-16/h2-3,8-10,12H,4-7H2,1H3,(H,21,22). The molecule has 0 bridgehead atoms. The van der Waals surface area contributed by atoms with Crippen LogP contribution in [0.25, 0.3) is 10.2 Å². The zero-order valence-corrected chi connectivity index (χ0v) is 15.1. The van der Waals surface area contributed by atoms with Crippen LogP contribution in [0.1, 0.15) is 40.4 Å². The summed E-state index contributed by atoms with van der Waals surface area (Å²) in [5.41, 5.74) is 3.23. The van der Waals surface area contributed by atoms with E-state index in [0.717, 1.165) is 23.1 Å². The van der Waals surface area contributed by atoms with E-state index in [1.807, 2.05) is 6.07 Å². The summed E-state index contributed by atoms with van der Waals surface area (Å²) < 4.78 is 11.9. The van der Waals surface area contributed by atoms with Gasteiger partial charge in [0, 0.05) is 24.8 Å². The van der Waals surface area contributed by atoms with Gasteiger partial charge in [0.05, 0.1) is 15.7 Å². The number of aromatic nitrogens is 1. The van der Waals surface area contributed by atoms with Gasteiger partial charge < -0.3 is 14.5 Å². The van der Waals surface area contributed by atoms with Crippen LogP contribution in [0.4, 0.5) is 5.69 Å². The number of anilines is 1. The lowest BCUT2D eigenvalue weighted by Crippen LogP contribution is -2.24. The molecule has 7 heteroatoms. The molecule has 3 heterocycles. The molecule has 134 valence electrons. The Hall–Kier alpha value is -2.51. The normalized spacial score (nSPS) is 15.3. The Morgan fingerprint density at radius 1 is 1.27 bits per heavy atom. The van der Waals surface area contributed by atoms with Crippen LogP contribution in [0, 0.1) is 6.92 Å². The van der Waals surface area contributed by atoms with Gasteiger partial charge in [-0.05, 0) is 49.6 Å². The molecule has 0 spiro atoms. The number of aryl methyl sites for hydroxylation is 1. The zero-order valence-electron chi connectivity index (χ0n) is 14.3. The van der Waals surface area contributed by atoms with Gasteiger partial charge in [-0.3, -0.25) is 4.79 Å². The molecule has 1 amide bonds. The third-order valence-corrected chi connectivity index (χ3v) is 5.42. The average Bonchev–Trinajstić information content (AvgIpc) is 3.09. The second-order valence-electron chi connectivity index (χ2n) is 6.37. The third-order valence-electron chi connectivity index (χ3n) is 4.61. The number of hydrogen-bond acceptors (Lipinski definition) is 6. The first-order chi connectivity index (χ1) is 12.6. The molecule has 0 aliphatic carbocycles. The van der Waals surface area contributed by atoms with Gasteiger partial charge in [-0.25, -0.2) is 9.78 Å². The lowest BCUT2D eigenvalue weighted by Gasteiger charge is -2.21. The number of rotatable bonds is 3. The van der Waals surface area contributed by atoms with Crippen LogP contribution in [-0.4, -0.2) is 24.1 Å². The number of amides is 1. The molecule has 1 aliphatic heterocycles. The Morgan fingerprint density at radius 3 is 2.85 bits per heavy atom. The molecule has 0 saturated carbocycles. The van der Waals surface area contributed by atoms with E-state index in [9.17, 15) is 9.59 Å². The highest BCUT2D eigenvalue weighted by atomic mass is 32.1. The largest absolute Gasteiger partial charge is 0.427 e. The van der Waals surface area contributed by atoms with E-state index in [0.29, 0.717) is 30.2 Å². The van der Waals surface area contributed by atoms with E-state index in [-0.39, 0.29) is 11.5 Å². The van der Waals surface area contributed by atoms with Crippen molar-refractivity contribution in [3.8, 4) is 0 Å². The summed E-state index contributed by atoms with van der Waals surface area (Å²) in [6.07, 6.45) is 1.64. The monoisotopic (exact) mass is 370 g/mol. The molecule has 3 aromatic rings. The smallest absolute Gasteiger partial charge is 0.349 e. The predicted octanol–water partition coefficient (Wildman–Crippen LogP) is 3.70. The summed E-state index contributed by atoms with van der Waals surface area (Å²) in [5.74, 6) is 0.333. The molecule has 1 saturated heterocycles. The van der Waals surface area contributed by atoms with E-state index in [2.05, 4.69) is 10.3 Å². The number of ether oxygens (including phenoxy) is 1.